The van der Waals surface area contributed by atoms with E-state index >= 15 is 0 Å². The molecule has 4 amide bonds. The summed E-state index contributed by atoms with van der Waals surface area (Å²) in [4.78, 5) is 50.6. The van der Waals surface area contributed by atoms with E-state index in [0.717, 1.165) is 23.4 Å². The first-order valence-corrected chi connectivity index (χ1v) is 9.85. The maximum absolute atomic E-state index is 13.1. The molecule has 4 aliphatic rings. The molecule has 8 nitrogen and oxygen atoms in total. The molecule has 1 aliphatic carbocycles. The highest BCUT2D eigenvalue weighted by Crippen LogP contribution is 2.38. The molecular weight excluding hydrogens is 360 g/mol. The minimum absolute atomic E-state index is 0.122. The predicted molar refractivity (Wildman–Crippen MR) is 98.3 cm³/mol. The number of carbonyl (C=O) groups is 4. The molecule has 3 N–H and O–H groups in total. The number of hydrogen-bond acceptors (Lipinski definition) is 6. The molecule has 0 spiro atoms. The van der Waals surface area contributed by atoms with Crippen LogP contribution >= 0.6 is 0 Å². The summed E-state index contributed by atoms with van der Waals surface area (Å²) in [6, 6.07) is 5.36. The maximum atomic E-state index is 13.1. The fourth-order valence-electron chi connectivity index (χ4n) is 4.76. The number of nitrogens with zero attached hydrogens (tertiary/aromatic N) is 1. The predicted octanol–water partition coefficient (Wildman–Crippen LogP) is -0.0722. The number of piperidine rings is 2. The topological polar surface area (TPSA) is 108 Å². The van der Waals surface area contributed by atoms with Gasteiger partial charge in [0.15, 0.2) is 0 Å². The van der Waals surface area contributed by atoms with Gasteiger partial charge in [0.05, 0.1) is 11.1 Å². The van der Waals surface area contributed by atoms with Crippen molar-refractivity contribution < 1.29 is 19.2 Å². The van der Waals surface area contributed by atoms with Gasteiger partial charge in [-0.05, 0) is 43.4 Å². The van der Waals surface area contributed by atoms with Crippen molar-refractivity contribution in [1.29, 1.82) is 0 Å². The Morgan fingerprint density at radius 1 is 1.11 bits per heavy atom. The van der Waals surface area contributed by atoms with E-state index in [1.54, 1.807) is 12.1 Å². The first kappa shape index (κ1) is 17.5. The van der Waals surface area contributed by atoms with Crippen molar-refractivity contribution in [2.75, 3.05) is 6.54 Å². The zero-order chi connectivity index (χ0) is 19.4. The smallest absolute Gasteiger partial charge is 0.262 e. The molecule has 1 saturated carbocycles. The van der Waals surface area contributed by atoms with Gasteiger partial charge in [0.25, 0.3) is 11.8 Å². The third kappa shape index (κ3) is 2.75. The fraction of sp³-hybridized carbons (Fsp3) is 0.500. The molecule has 8 heteroatoms. The van der Waals surface area contributed by atoms with Crippen molar-refractivity contribution in [2.45, 2.75) is 50.4 Å². The zero-order valence-corrected chi connectivity index (χ0v) is 15.4. The van der Waals surface area contributed by atoms with Gasteiger partial charge in [-0.1, -0.05) is 12.1 Å². The average Bonchev–Trinajstić information content (AvgIpc) is 3.43. The van der Waals surface area contributed by atoms with Crippen molar-refractivity contribution in [3.63, 3.8) is 0 Å². The van der Waals surface area contributed by atoms with Gasteiger partial charge in [0, 0.05) is 25.0 Å². The molecule has 0 bridgehead atoms. The van der Waals surface area contributed by atoms with Gasteiger partial charge < -0.3 is 10.6 Å². The lowest BCUT2D eigenvalue weighted by Gasteiger charge is -2.28. The Labute approximate surface area is 162 Å². The molecule has 0 aromatic heterocycles. The van der Waals surface area contributed by atoms with E-state index in [2.05, 4.69) is 16.0 Å². The Bertz CT molecular complexity index is 898. The third-order valence-corrected chi connectivity index (χ3v) is 6.33. The summed E-state index contributed by atoms with van der Waals surface area (Å²) < 4.78 is 0. The minimum Gasteiger partial charge on any atom is -0.314 e. The normalized spacial score (nSPS) is 31.5. The number of rotatable bonds is 4. The molecule has 2 saturated heterocycles. The summed E-state index contributed by atoms with van der Waals surface area (Å²) in [5.41, 5.74) is 1.50. The summed E-state index contributed by atoms with van der Waals surface area (Å²) in [5.74, 6) is -1.21. The van der Waals surface area contributed by atoms with E-state index in [1.807, 2.05) is 6.07 Å². The van der Waals surface area contributed by atoms with Crippen molar-refractivity contribution in [3.05, 3.63) is 34.9 Å². The molecule has 146 valence electrons. The summed E-state index contributed by atoms with van der Waals surface area (Å²) in [6.45, 7) is 1.51. The number of amides is 4. The molecule has 4 atom stereocenters. The number of imide groups is 2. The zero-order valence-electron chi connectivity index (χ0n) is 15.4. The Morgan fingerprint density at radius 3 is 2.79 bits per heavy atom. The lowest BCUT2D eigenvalue weighted by molar-refractivity contribution is -0.136. The number of nitrogens with one attached hydrogen (secondary N) is 3. The van der Waals surface area contributed by atoms with Crippen LogP contribution in [0.25, 0.3) is 0 Å². The SMILES string of the molecule is O=C1CCC(N2C(=O)c3cccc(CN[C@@H]4CCN[C@@H]5C[C@H]45)c3C2=O)C(=O)N1. The van der Waals surface area contributed by atoms with Crippen LogP contribution in [0.15, 0.2) is 18.2 Å². The van der Waals surface area contributed by atoms with Crippen molar-refractivity contribution in [2.24, 2.45) is 5.92 Å². The van der Waals surface area contributed by atoms with E-state index in [9.17, 15) is 19.2 Å². The van der Waals surface area contributed by atoms with Gasteiger partial charge in [0.2, 0.25) is 11.8 Å². The van der Waals surface area contributed by atoms with Gasteiger partial charge in [-0.25, -0.2) is 0 Å². The Balaban J connectivity index is 1.37. The van der Waals surface area contributed by atoms with Crippen molar-refractivity contribution >= 4 is 23.6 Å². The van der Waals surface area contributed by atoms with Crippen LogP contribution in [0.2, 0.25) is 0 Å². The molecule has 0 radical (unpaired) electrons. The molecule has 1 unspecified atom stereocenters. The molecule has 5 rings (SSSR count). The molecule has 3 aliphatic heterocycles. The van der Waals surface area contributed by atoms with Crippen LogP contribution < -0.4 is 16.0 Å². The van der Waals surface area contributed by atoms with Crippen molar-refractivity contribution in [1.82, 2.24) is 20.9 Å². The van der Waals surface area contributed by atoms with Gasteiger partial charge >= 0.3 is 0 Å². The highest BCUT2D eigenvalue weighted by molar-refractivity contribution is 6.24. The van der Waals surface area contributed by atoms with Crippen LogP contribution in [-0.4, -0.2) is 53.2 Å². The van der Waals surface area contributed by atoms with Crippen LogP contribution in [0.4, 0.5) is 0 Å². The van der Waals surface area contributed by atoms with Crippen LogP contribution in [0.1, 0.15) is 52.0 Å². The van der Waals surface area contributed by atoms with Crippen LogP contribution in [0.3, 0.4) is 0 Å². The van der Waals surface area contributed by atoms with E-state index in [4.69, 9.17) is 0 Å². The maximum Gasteiger partial charge on any atom is 0.262 e. The van der Waals surface area contributed by atoms with Crippen molar-refractivity contribution in [3.8, 4) is 0 Å². The summed E-state index contributed by atoms with van der Waals surface area (Å²) >= 11 is 0. The minimum atomic E-state index is -0.928. The first-order valence-electron chi connectivity index (χ1n) is 9.85. The highest BCUT2D eigenvalue weighted by atomic mass is 16.2. The summed E-state index contributed by atoms with van der Waals surface area (Å²) in [5, 5.41) is 9.26. The van der Waals surface area contributed by atoms with Crippen LogP contribution in [0, 0.1) is 5.92 Å². The van der Waals surface area contributed by atoms with E-state index < -0.39 is 23.8 Å². The largest absolute Gasteiger partial charge is 0.314 e. The van der Waals surface area contributed by atoms with E-state index in [1.165, 1.54) is 6.42 Å². The van der Waals surface area contributed by atoms with Gasteiger partial charge in [0.1, 0.15) is 6.04 Å². The number of carbonyl (C=O) groups excluding carboxylic acids is 4. The van der Waals surface area contributed by atoms with Crippen LogP contribution in [-0.2, 0) is 16.1 Å². The standard InChI is InChI=1S/C20H22N4O4/c25-16-5-4-15(18(26)23-16)24-19(27)11-3-1-2-10(17(11)20(24)28)9-22-13-6-7-21-14-8-12(13)14/h1-3,12-15,21-22H,4-9H2,(H,23,25,26)/t12-,13-,14-,15?/m1/s1. The average molecular weight is 382 g/mol. The quantitative estimate of drug-likeness (QED) is 0.629. The van der Waals surface area contributed by atoms with Gasteiger partial charge in [-0.15, -0.1) is 0 Å². The van der Waals surface area contributed by atoms with Gasteiger partial charge in [-0.3, -0.25) is 29.4 Å². The first-order chi connectivity index (χ1) is 13.5. The second-order valence-electron chi connectivity index (χ2n) is 8.02. The fourth-order valence-corrected chi connectivity index (χ4v) is 4.76. The Kier molecular flexibility index (Phi) is 4.06. The molecule has 3 heterocycles. The molecule has 3 fully saturated rings. The monoisotopic (exact) mass is 382 g/mol. The molecule has 1 aromatic carbocycles. The summed E-state index contributed by atoms with van der Waals surface area (Å²) in [7, 11) is 0. The second kappa shape index (κ2) is 6.49. The van der Waals surface area contributed by atoms with Gasteiger partial charge in [-0.2, -0.15) is 0 Å². The third-order valence-electron chi connectivity index (χ3n) is 6.33. The Morgan fingerprint density at radius 2 is 1.96 bits per heavy atom. The van der Waals surface area contributed by atoms with Crippen LogP contribution in [0.5, 0.6) is 0 Å². The molecule has 28 heavy (non-hydrogen) atoms. The lowest BCUT2D eigenvalue weighted by atomic mass is 10.0. The number of fused-ring (bicyclic) bond motifs is 2. The van der Waals surface area contributed by atoms with E-state index in [0.29, 0.717) is 35.7 Å². The van der Waals surface area contributed by atoms with E-state index in [-0.39, 0.29) is 18.7 Å². The molecular formula is C20H22N4O4. The lowest BCUT2D eigenvalue weighted by Crippen LogP contribution is -2.54. The Hall–Kier alpha value is -2.58. The molecule has 1 aromatic rings. The second-order valence-corrected chi connectivity index (χ2v) is 8.02. The summed E-state index contributed by atoms with van der Waals surface area (Å²) in [6.07, 6.45) is 2.52. The number of hydrogen-bond donors (Lipinski definition) is 3. The highest BCUT2D eigenvalue weighted by Gasteiger charge is 2.47. The number of benzene rings is 1.